The van der Waals surface area contributed by atoms with Gasteiger partial charge in [0.15, 0.2) is 0 Å². The molecule has 6 heteroatoms. The molecule has 4 bridgehead atoms. The first kappa shape index (κ1) is 14.0. The normalized spacial score (nSPS) is 37.2. The van der Waals surface area contributed by atoms with Crippen molar-refractivity contribution in [3.8, 4) is 6.07 Å². The fourth-order valence-corrected chi connectivity index (χ4v) is 3.88. The minimum absolute atomic E-state index is 0. The van der Waals surface area contributed by atoms with Crippen LogP contribution in [0.25, 0.3) is 0 Å². The van der Waals surface area contributed by atoms with Gasteiger partial charge in [0.05, 0.1) is 31.6 Å². The number of quaternary nitrogens is 1. The van der Waals surface area contributed by atoms with E-state index in [1.54, 1.807) is 0 Å². The van der Waals surface area contributed by atoms with Gasteiger partial charge in [-0.1, -0.05) is 12.1 Å². The van der Waals surface area contributed by atoms with Crippen LogP contribution < -0.4 is 17.0 Å². The van der Waals surface area contributed by atoms with Gasteiger partial charge in [-0.25, -0.2) is 14.7 Å². The Kier molecular flexibility index (Phi) is 3.56. The van der Waals surface area contributed by atoms with E-state index in [4.69, 9.17) is 5.26 Å². The zero-order valence-electron chi connectivity index (χ0n) is 11.4. The van der Waals surface area contributed by atoms with Gasteiger partial charge in [-0.3, -0.25) is 4.48 Å². The highest BCUT2D eigenvalue weighted by atomic mass is 79.9. The van der Waals surface area contributed by atoms with Crippen molar-refractivity contribution in [1.82, 2.24) is 14.7 Å². The van der Waals surface area contributed by atoms with Crippen LogP contribution in [0.5, 0.6) is 0 Å². The number of benzene rings is 1. The van der Waals surface area contributed by atoms with E-state index in [0.29, 0.717) is 0 Å². The van der Waals surface area contributed by atoms with E-state index in [9.17, 15) is 0 Å². The van der Waals surface area contributed by atoms with Crippen molar-refractivity contribution in [3.63, 3.8) is 0 Å². The number of rotatable bonds is 2. The Labute approximate surface area is 129 Å². The monoisotopic (exact) mass is 335 g/mol. The predicted molar refractivity (Wildman–Crippen MR) is 69.8 cm³/mol. The van der Waals surface area contributed by atoms with Crippen LogP contribution in [0.4, 0.5) is 0 Å². The molecule has 106 valence electrons. The molecule has 0 radical (unpaired) electrons. The lowest BCUT2D eigenvalue weighted by Gasteiger charge is -2.60. The molecule has 0 saturated carbocycles. The molecule has 0 aromatic heterocycles. The van der Waals surface area contributed by atoms with Crippen LogP contribution in [-0.4, -0.2) is 59.2 Å². The highest BCUT2D eigenvalue weighted by Crippen LogP contribution is 2.30. The minimum Gasteiger partial charge on any atom is -1.00 e. The summed E-state index contributed by atoms with van der Waals surface area (Å²) in [6.45, 7) is 7.93. The molecule has 4 heterocycles. The van der Waals surface area contributed by atoms with E-state index in [0.717, 1.165) is 56.6 Å². The lowest BCUT2D eigenvalue weighted by molar-refractivity contribution is -0.991. The summed E-state index contributed by atoms with van der Waals surface area (Å²) >= 11 is 0. The van der Waals surface area contributed by atoms with Gasteiger partial charge in [-0.2, -0.15) is 5.26 Å². The molecule has 4 aliphatic heterocycles. The quantitative estimate of drug-likeness (QED) is 0.563. The third kappa shape index (κ3) is 2.36. The van der Waals surface area contributed by atoms with E-state index >= 15 is 0 Å². The molecule has 4 fully saturated rings. The Bertz CT molecular complexity index is 500. The molecule has 0 N–H and O–H groups in total. The smallest absolute Gasteiger partial charge is 0.139 e. The van der Waals surface area contributed by atoms with Crippen molar-refractivity contribution >= 4 is 0 Å². The van der Waals surface area contributed by atoms with Gasteiger partial charge < -0.3 is 17.0 Å². The maximum atomic E-state index is 8.86. The lowest BCUT2D eigenvalue weighted by atomic mass is 10.1. The fourth-order valence-electron chi connectivity index (χ4n) is 3.88. The predicted octanol–water partition coefficient (Wildman–Crippen LogP) is -2.43. The molecule has 0 spiro atoms. The number of nitrogens with zero attached hydrogens (tertiary/aromatic N) is 5. The molecule has 0 unspecified atom stereocenters. The molecule has 5 nitrogen and oxygen atoms in total. The van der Waals surface area contributed by atoms with Crippen molar-refractivity contribution in [3.05, 3.63) is 35.4 Å². The first-order valence-electron chi connectivity index (χ1n) is 6.76. The minimum atomic E-state index is 0. The molecule has 1 aromatic rings. The maximum absolute atomic E-state index is 8.86. The van der Waals surface area contributed by atoms with Crippen LogP contribution in [0, 0.1) is 11.3 Å². The summed E-state index contributed by atoms with van der Waals surface area (Å²) in [6.07, 6.45) is 0. The van der Waals surface area contributed by atoms with Crippen molar-refractivity contribution in [2.24, 2.45) is 0 Å². The average molecular weight is 336 g/mol. The average Bonchev–Trinajstić information content (AvgIpc) is 2.37. The third-order valence-corrected chi connectivity index (χ3v) is 4.30. The largest absolute Gasteiger partial charge is 1.00 e. The van der Waals surface area contributed by atoms with Gasteiger partial charge in [0.2, 0.25) is 0 Å². The van der Waals surface area contributed by atoms with Crippen LogP contribution in [0.15, 0.2) is 24.3 Å². The Morgan fingerprint density at radius 1 is 0.950 bits per heavy atom. The Balaban J connectivity index is 0.00000121. The van der Waals surface area contributed by atoms with Crippen LogP contribution in [0.3, 0.4) is 0 Å². The lowest BCUT2D eigenvalue weighted by Crippen LogP contribution is -3.00. The van der Waals surface area contributed by atoms with Gasteiger partial charge >= 0.3 is 0 Å². The van der Waals surface area contributed by atoms with Crippen LogP contribution >= 0.6 is 0 Å². The van der Waals surface area contributed by atoms with Gasteiger partial charge in [-0.05, 0) is 12.1 Å². The molecule has 20 heavy (non-hydrogen) atoms. The summed E-state index contributed by atoms with van der Waals surface area (Å²) in [5.41, 5.74) is 2.09. The van der Waals surface area contributed by atoms with E-state index in [2.05, 4.69) is 32.9 Å². The van der Waals surface area contributed by atoms with Crippen molar-refractivity contribution in [1.29, 1.82) is 5.26 Å². The first-order chi connectivity index (χ1) is 9.25. The van der Waals surface area contributed by atoms with E-state index < -0.39 is 0 Å². The first-order valence-corrected chi connectivity index (χ1v) is 6.76. The summed E-state index contributed by atoms with van der Waals surface area (Å²) in [5.74, 6) is 0. The number of nitriles is 1. The van der Waals surface area contributed by atoms with Crippen molar-refractivity contribution < 1.29 is 21.5 Å². The zero-order valence-corrected chi connectivity index (χ0v) is 13.0. The van der Waals surface area contributed by atoms with E-state index in [1.165, 1.54) is 5.56 Å². The molecule has 0 atom stereocenters. The molecule has 4 aliphatic rings. The number of hydrogen-bond acceptors (Lipinski definition) is 4. The maximum Gasteiger partial charge on any atom is 0.139 e. The van der Waals surface area contributed by atoms with E-state index in [1.807, 2.05) is 12.1 Å². The second-order valence-corrected chi connectivity index (χ2v) is 6.17. The Morgan fingerprint density at radius 3 is 1.90 bits per heavy atom. The van der Waals surface area contributed by atoms with Crippen molar-refractivity contribution in [2.75, 3.05) is 40.0 Å². The van der Waals surface area contributed by atoms with Crippen LogP contribution in [0.1, 0.15) is 11.1 Å². The van der Waals surface area contributed by atoms with Gasteiger partial charge in [-0.15, -0.1) is 0 Å². The second kappa shape index (κ2) is 5.10. The fraction of sp³-hybridized carbons (Fsp3) is 0.500. The molecular formula is C14H18BrN5. The standard InChI is InChI=1S/C14H18N5.BrH/c15-5-13-1-3-14(4-2-13)6-19-10-16-7-17(11-19)9-18(8-16)12-19;/h1-4H,6-12H2;1H/q+1;/p-1. The third-order valence-electron chi connectivity index (χ3n) is 4.30. The van der Waals surface area contributed by atoms with Crippen LogP contribution in [-0.2, 0) is 6.54 Å². The molecule has 5 rings (SSSR count). The SMILES string of the molecule is N#Cc1ccc(C[N+]23CN4CN(CN(C4)C2)C3)cc1.[Br-]. The summed E-state index contributed by atoms with van der Waals surface area (Å²) in [5, 5.41) is 8.86. The number of halogens is 1. The zero-order chi connectivity index (χ0) is 12.9. The van der Waals surface area contributed by atoms with Gasteiger partial charge in [0, 0.05) is 5.56 Å². The van der Waals surface area contributed by atoms with Crippen LogP contribution in [0.2, 0.25) is 0 Å². The topological polar surface area (TPSA) is 33.5 Å². The van der Waals surface area contributed by atoms with Gasteiger partial charge in [0.25, 0.3) is 0 Å². The number of hydrogen-bond donors (Lipinski definition) is 0. The summed E-state index contributed by atoms with van der Waals surface area (Å²) in [7, 11) is 0. The summed E-state index contributed by atoms with van der Waals surface area (Å²) in [4.78, 5) is 7.58. The highest BCUT2D eigenvalue weighted by molar-refractivity contribution is 5.31. The second-order valence-electron chi connectivity index (χ2n) is 6.17. The molecular weight excluding hydrogens is 318 g/mol. The van der Waals surface area contributed by atoms with Gasteiger partial charge in [0.1, 0.15) is 26.6 Å². The highest BCUT2D eigenvalue weighted by Gasteiger charge is 2.48. The summed E-state index contributed by atoms with van der Waals surface area (Å²) < 4.78 is 1.12. The molecule has 1 aromatic carbocycles. The Morgan fingerprint density at radius 2 is 1.45 bits per heavy atom. The molecule has 0 aliphatic carbocycles. The Hall–Kier alpha value is -0.970. The van der Waals surface area contributed by atoms with Crippen molar-refractivity contribution in [2.45, 2.75) is 6.54 Å². The van der Waals surface area contributed by atoms with E-state index in [-0.39, 0.29) is 17.0 Å². The molecule has 4 saturated heterocycles. The summed E-state index contributed by atoms with van der Waals surface area (Å²) in [6, 6.07) is 10.3. The molecule has 0 amide bonds.